The van der Waals surface area contributed by atoms with Crippen molar-refractivity contribution in [2.24, 2.45) is 11.8 Å². The summed E-state index contributed by atoms with van der Waals surface area (Å²) in [7, 11) is 1.59. The van der Waals surface area contributed by atoms with Gasteiger partial charge in [-0.15, -0.1) is 0 Å². The molecule has 29 heavy (non-hydrogen) atoms. The van der Waals surface area contributed by atoms with Crippen molar-refractivity contribution >= 4 is 29.1 Å². The molecular formula is C23H27N3O3. The van der Waals surface area contributed by atoms with E-state index in [2.05, 4.69) is 17.6 Å². The van der Waals surface area contributed by atoms with E-state index in [-0.39, 0.29) is 30.2 Å². The molecule has 2 atom stereocenters. The van der Waals surface area contributed by atoms with Crippen LogP contribution in [0.15, 0.2) is 42.5 Å². The predicted molar refractivity (Wildman–Crippen MR) is 114 cm³/mol. The molecule has 2 aromatic carbocycles. The second-order valence-corrected chi connectivity index (χ2v) is 7.86. The van der Waals surface area contributed by atoms with Gasteiger partial charge in [0, 0.05) is 29.9 Å². The topological polar surface area (TPSA) is 78.5 Å². The van der Waals surface area contributed by atoms with Crippen LogP contribution in [-0.4, -0.2) is 36.2 Å². The van der Waals surface area contributed by atoms with Gasteiger partial charge in [0.05, 0.1) is 6.54 Å². The van der Waals surface area contributed by atoms with Gasteiger partial charge in [-0.2, -0.15) is 0 Å². The molecule has 1 saturated carbocycles. The Hall–Kier alpha value is -3.15. The predicted octanol–water partition coefficient (Wildman–Crippen LogP) is 3.61. The number of aryl methyl sites for hydroxylation is 2. The number of nitrogens with one attached hydrogen (secondary N) is 2. The van der Waals surface area contributed by atoms with Crippen LogP contribution in [0.25, 0.3) is 0 Å². The first-order chi connectivity index (χ1) is 13.8. The Balaban J connectivity index is 1.56. The third-order valence-corrected chi connectivity index (χ3v) is 5.32. The van der Waals surface area contributed by atoms with E-state index in [9.17, 15) is 14.4 Å². The summed E-state index contributed by atoms with van der Waals surface area (Å²) in [6.07, 6.45) is 0.928. The standard InChI is InChI=1S/C23H27N3O3/c1-14-6-5-7-15(2)21(14)25-20(27)13-26(4)23(29)17-8-10-18(11-9-17)24-22(28)19-12-16(19)3/h5-11,16,19H,12-13H2,1-4H3,(H,24,28)(H,25,27). The number of nitrogens with zero attached hydrogens (tertiary/aromatic N) is 1. The second-order valence-electron chi connectivity index (χ2n) is 7.86. The summed E-state index contributed by atoms with van der Waals surface area (Å²) in [5.41, 5.74) is 3.87. The molecule has 1 aliphatic rings. The summed E-state index contributed by atoms with van der Waals surface area (Å²) in [6.45, 7) is 5.87. The van der Waals surface area contributed by atoms with Gasteiger partial charge in [-0.05, 0) is 61.6 Å². The largest absolute Gasteiger partial charge is 0.332 e. The number of benzene rings is 2. The van der Waals surface area contributed by atoms with E-state index >= 15 is 0 Å². The van der Waals surface area contributed by atoms with Crippen LogP contribution in [0.3, 0.4) is 0 Å². The van der Waals surface area contributed by atoms with Crippen LogP contribution < -0.4 is 10.6 Å². The maximum absolute atomic E-state index is 12.6. The smallest absolute Gasteiger partial charge is 0.254 e. The molecule has 0 saturated heterocycles. The third-order valence-electron chi connectivity index (χ3n) is 5.32. The molecule has 0 aliphatic heterocycles. The number of anilines is 2. The third kappa shape index (κ3) is 5.02. The van der Waals surface area contributed by atoms with E-state index < -0.39 is 0 Å². The maximum Gasteiger partial charge on any atom is 0.254 e. The zero-order valence-electron chi connectivity index (χ0n) is 17.3. The summed E-state index contributed by atoms with van der Waals surface area (Å²) in [4.78, 5) is 38.4. The van der Waals surface area contributed by atoms with Crippen LogP contribution in [0.1, 0.15) is 34.8 Å². The highest BCUT2D eigenvalue weighted by Gasteiger charge is 2.39. The molecule has 6 nitrogen and oxygen atoms in total. The van der Waals surface area contributed by atoms with E-state index in [0.29, 0.717) is 17.2 Å². The SMILES string of the molecule is Cc1cccc(C)c1NC(=O)CN(C)C(=O)c1ccc(NC(=O)C2CC2C)cc1. The monoisotopic (exact) mass is 393 g/mol. The summed E-state index contributed by atoms with van der Waals surface area (Å²) in [6, 6.07) is 12.5. The quantitative estimate of drug-likeness (QED) is 0.787. The molecule has 1 aliphatic carbocycles. The number of rotatable bonds is 6. The number of likely N-dealkylation sites (N-methyl/N-ethyl adjacent to an activating group) is 1. The molecule has 0 bridgehead atoms. The Morgan fingerprint density at radius 2 is 1.59 bits per heavy atom. The van der Waals surface area contributed by atoms with Crippen molar-refractivity contribution < 1.29 is 14.4 Å². The molecule has 1 fully saturated rings. The molecule has 0 radical (unpaired) electrons. The summed E-state index contributed by atoms with van der Waals surface area (Å²) < 4.78 is 0. The van der Waals surface area contributed by atoms with Gasteiger partial charge in [0.2, 0.25) is 11.8 Å². The van der Waals surface area contributed by atoms with Gasteiger partial charge < -0.3 is 15.5 Å². The molecule has 2 aromatic rings. The molecule has 0 spiro atoms. The minimum Gasteiger partial charge on any atom is -0.332 e. The number of carbonyl (C=O) groups is 3. The average Bonchev–Trinajstić information content (AvgIpc) is 3.41. The Kier molecular flexibility index (Phi) is 6.01. The van der Waals surface area contributed by atoms with Crippen molar-refractivity contribution in [1.82, 2.24) is 4.90 Å². The van der Waals surface area contributed by atoms with Gasteiger partial charge in [-0.1, -0.05) is 25.1 Å². The van der Waals surface area contributed by atoms with E-state index in [1.54, 1.807) is 31.3 Å². The highest BCUT2D eigenvalue weighted by atomic mass is 16.2. The molecular weight excluding hydrogens is 366 g/mol. The van der Waals surface area contributed by atoms with Crippen molar-refractivity contribution in [1.29, 1.82) is 0 Å². The van der Waals surface area contributed by atoms with Gasteiger partial charge in [0.25, 0.3) is 5.91 Å². The first-order valence-electron chi connectivity index (χ1n) is 9.78. The van der Waals surface area contributed by atoms with E-state index in [4.69, 9.17) is 0 Å². The van der Waals surface area contributed by atoms with Gasteiger partial charge in [-0.3, -0.25) is 14.4 Å². The van der Waals surface area contributed by atoms with E-state index in [1.807, 2.05) is 32.0 Å². The Labute approximate surface area is 171 Å². The number of carbonyl (C=O) groups excluding carboxylic acids is 3. The van der Waals surface area contributed by atoms with Crippen molar-refractivity contribution in [3.63, 3.8) is 0 Å². The summed E-state index contributed by atoms with van der Waals surface area (Å²) in [5, 5.41) is 5.76. The van der Waals surface area contributed by atoms with Crippen molar-refractivity contribution in [3.8, 4) is 0 Å². The first kappa shape index (κ1) is 20.6. The molecule has 152 valence electrons. The fourth-order valence-electron chi connectivity index (χ4n) is 3.32. The average molecular weight is 393 g/mol. The lowest BCUT2D eigenvalue weighted by Gasteiger charge is -2.18. The molecule has 2 unspecified atom stereocenters. The Bertz CT molecular complexity index is 917. The van der Waals surface area contributed by atoms with E-state index in [1.165, 1.54) is 4.90 Å². The van der Waals surface area contributed by atoms with Crippen molar-refractivity contribution in [2.45, 2.75) is 27.2 Å². The molecule has 3 amide bonds. The molecule has 0 heterocycles. The van der Waals surface area contributed by atoms with Crippen LogP contribution in [-0.2, 0) is 9.59 Å². The van der Waals surface area contributed by atoms with Crippen LogP contribution in [0.4, 0.5) is 11.4 Å². The minimum atomic E-state index is -0.254. The number of hydrogen-bond donors (Lipinski definition) is 2. The minimum absolute atomic E-state index is 0.0249. The lowest BCUT2D eigenvalue weighted by Crippen LogP contribution is -2.35. The zero-order valence-corrected chi connectivity index (χ0v) is 17.3. The van der Waals surface area contributed by atoms with Crippen molar-refractivity contribution in [2.75, 3.05) is 24.2 Å². The van der Waals surface area contributed by atoms with Crippen molar-refractivity contribution in [3.05, 3.63) is 59.2 Å². The molecule has 6 heteroatoms. The van der Waals surface area contributed by atoms with Crippen LogP contribution >= 0.6 is 0 Å². The molecule has 0 aromatic heterocycles. The number of amides is 3. The van der Waals surface area contributed by atoms with Crippen LogP contribution in [0.2, 0.25) is 0 Å². The number of hydrogen-bond acceptors (Lipinski definition) is 3. The fourth-order valence-corrected chi connectivity index (χ4v) is 3.32. The molecule has 2 N–H and O–H groups in total. The lowest BCUT2D eigenvalue weighted by molar-refractivity contribution is -0.118. The zero-order chi connectivity index (χ0) is 21.1. The highest BCUT2D eigenvalue weighted by Crippen LogP contribution is 2.38. The van der Waals surface area contributed by atoms with Gasteiger partial charge in [-0.25, -0.2) is 0 Å². The van der Waals surface area contributed by atoms with Gasteiger partial charge in [0.1, 0.15) is 0 Å². The lowest BCUT2D eigenvalue weighted by atomic mass is 10.1. The summed E-state index contributed by atoms with van der Waals surface area (Å²) in [5.74, 6) is 0.0600. The van der Waals surface area contributed by atoms with Crippen LogP contribution in [0.5, 0.6) is 0 Å². The molecule has 3 rings (SSSR count). The fraction of sp³-hybridized carbons (Fsp3) is 0.348. The Morgan fingerprint density at radius 1 is 1.00 bits per heavy atom. The second kappa shape index (κ2) is 8.47. The Morgan fingerprint density at radius 3 is 2.14 bits per heavy atom. The summed E-state index contributed by atoms with van der Waals surface area (Å²) >= 11 is 0. The van der Waals surface area contributed by atoms with E-state index in [0.717, 1.165) is 23.2 Å². The first-order valence-corrected chi connectivity index (χ1v) is 9.78. The highest BCUT2D eigenvalue weighted by molar-refractivity contribution is 6.00. The maximum atomic E-state index is 12.6. The number of para-hydroxylation sites is 1. The van der Waals surface area contributed by atoms with Gasteiger partial charge >= 0.3 is 0 Å². The van der Waals surface area contributed by atoms with Crippen LogP contribution in [0, 0.1) is 25.7 Å². The normalized spacial score (nSPS) is 17.4. The van der Waals surface area contributed by atoms with Gasteiger partial charge in [0.15, 0.2) is 0 Å².